The first kappa shape index (κ1) is 16.2. The number of hydrogen-bond acceptors (Lipinski definition) is 4. The quantitative estimate of drug-likeness (QED) is 0.699. The Morgan fingerprint density at radius 1 is 1.40 bits per heavy atom. The van der Waals surface area contributed by atoms with E-state index in [1.54, 1.807) is 13.1 Å². The molecule has 0 aliphatic heterocycles. The van der Waals surface area contributed by atoms with Crippen molar-refractivity contribution < 1.29 is 9.90 Å². The van der Waals surface area contributed by atoms with E-state index in [9.17, 15) is 4.79 Å². The third-order valence-electron chi connectivity index (χ3n) is 3.00. The molecule has 0 spiro atoms. The molecule has 0 aliphatic rings. The van der Waals surface area contributed by atoms with Gasteiger partial charge in [0.05, 0.1) is 12.6 Å². The van der Waals surface area contributed by atoms with Crippen molar-refractivity contribution in [3.05, 3.63) is 23.9 Å². The van der Waals surface area contributed by atoms with Crippen molar-refractivity contribution in [2.45, 2.75) is 33.4 Å². The summed E-state index contributed by atoms with van der Waals surface area (Å²) in [6.45, 7) is 8.09. The zero-order valence-corrected chi connectivity index (χ0v) is 12.4. The molecule has 0 saturated heterocycles. The van der Waals surface area contributed by atoms with Crippen molar-refractivity contribution in [1.29, 1.82) is 0 Å². The third-order valence-corrected chi connectivity index (χ3v) is 3.00. The molecule has 112 valence electrons. The molecule has 0 aliphatic carbocycles. The van der Waals surface area contributed by atoms with E-state index in [0.29, 0.717) is 6.54 Å². The van der Waals surface area contributed by atoms with Gasteiger partial charge in [0.1, 0.15) is 5.82 Å². The maximum absolute atomic E-state index is 11.5. The van der Waals surface area contributed by atoms with E-state index in [0.717, 1.165) is 24.5 Å². The molecular weight excluding hydrogens is 256 g/mol. The molecule has 2 amide bonds. The first-order chi connectivity index (χ1) is 9.60. The lowest BCUT2D eigenvalue weighted by atomic mass is 10.2. The number of carbonyl (C=O) groups excluding carboxylic acids is 1. The number of hydrogen-bond donors (Lipinski definition) is 3. The Labute approximate surface area is 120 Å². The zero-order chi connectivity index (χ0) is 15.0. The Kier molecular flexibility index (Phi) is 6.79. The van der Waals surface area contributed by atoms with Gasteiger partial charge in [-0.2, -0.15) is 0 Å². The van der Waals surface area contributed by atoms with Crippen LogP contribution in [0.4, 0.5) is 10.6 Å². The molecule has 0 aromatic carbocycles. The van der Waals surface area contributed by atoms with Gasteiger partial charge in [-0.15, -0.1) is 0 Å². The maximum atomic E-state index is 11.5. The highest BCUT2D eigenvalue weighted by atomic mass is 16.3. The van der Waals surface area contributed by atoms with E-state index in [1.165, 1.54) is 0 Å². The maximum Gasteiger partial charge on any atom is 0.315 e. The summed E-state index contributed by atoms with van der Waals surface area (Å²) in [5.41, 5.74) is 0.938. The van der Waals surface area contributed by atoms with Crippen molar-refractivity contribution >= 4 is 11.8 Å². The molecular formula is C14H24N4O2. The number of carbonyl (C=O) groups is 1. The van der Waals surface area contributed by atoms with Crippen LogP contribution in [0.25, 0.3) is 0 Å². The summed E-state index contributed by atoms with van der Waals surface area (Å²) < 4.78 is 0. The number of nitrogens with one attached hydrogen (secondary N) is 2. The lowest BCUT2D eigenvalue weighted by molar-refractivity contribution is 0.220. The second-order valence-electron chi connectivity index (χ2n) is 4.61. The Balaban J connectivity index is 2.47. The van der Waals surface area contributed by atoms with E-state index >= 15 is 0 Å². The Morgan fingerprint density at radius 3 is 2.60 bits per heavy atom. The molecule has 20 heavy (non-hydrogen) atoms. The van der Waals surface area contributed by atoms with Gasteiger partial charge in [0.25, 0.3) is 0 Å². The highest BCUT2D eigenvalue weighted by molar-refractivity contribution is 5.74. The lowest BCUT2D eigenvalue weighted by Gasteiger charge is -2.19. The van der Waals surface area contributed by atoms with E-state index < -0.39 is 0 Å². The van der Waals surface area contributed by atoms with Gasteiger partial charge in [0, 0.05) is 25.8 Å². The number of nitrogens with zero attached hydrogens (tertiary/aromatic N) is 2. The molecule has 6 nitrogen and oxygen atoms in total. The molecule has 0 saturated carbocycles. The van der Waals surface area contributed by atoms with Crippen molar-refractivity contribution in [3.8, 4) is 0 Å². The van der Waals surface area contributed by atoms with Crippen LogP contribution in [0.15, 0.2) is 18.3 Å². The van der Waals surface area contributed by atoms with E-state index in [2.05, 4.69) is 34.4 Å². The van der Waals surface area contributed by atoms with Gasteiger partial charge < -0.3 is 20.6 Å². The monoisotopic (exact) mass is 280 g/mol. The number of rotatable bonds is 7. The van der Waals surface area contributed by atoms with Gasteiger partial charge in [0.15, 0.2) is 0 Å². The molecule has 1 aromatic heterocycles. The fraction of sp³-hybridized carbons (Fsp3) is 0.571. The van der Waals surface area contributed by atoms with Crippen LogP contribution in [0.3, 0.4) is 0 Å². The first-order valence-corrected chi connectivity index (χ1v) is 6.95. The van der Waals surface area contributed by atoms with Crippen LogP contribution >= 0.6 is 0 Å². The Hall–Kier alpha value is -1.82. The van der Waals surface area contributed by atoms with Gasteiger partial charge in [-0.25, -0.2) is 9.78 Å². The van der Waals surface area contributed by atoms with Gasteiger partial charge in [-0.05, 0) is 32.4 Å². The summed E-state index contributed by atoms with van der Waals surface area (Å²) in [6, 6.07) is 3.37. The fourth-order valence-electron chi connectivity index (χ4n) is 1.76. The second-order valence-corrected chi connectivity index (χ2v) is 4.61. The van der Waals surface area contributed by atoms with E-state index in [4.69, 9.17) is 5.11 Å². The molecule has 1 unspecified atom stereocenters. The molecule has 1 atom stereocenters. The van der Waals surface area contributed by atoms with Gasteiger partial charge >= 0.3 is 6.03 Å². The second kappa shape index (κ2) is 8.37. The van der Waals surface area contributed by atoms with Crippen LogP contribution in [0.2, 0.25) is 0 Å². The van der Waals surface area contributed by atoms with E-state index in [1.807, 2.05) is 12.1 Å². The largest absolute Gasteiger partial charge is 0.394 e. The number of amides is 2. The highest BCUT2D eigenvalue weighted by Gasteiger charge is 2.06. The van der Waals surface area contributed by atoms with Crippen molar-refractivity contribution in [2.24, 2.45) is 0 Å². The van der Waals surface area contributed by atoms with Gasteiger partial charge in [-0.1, -0.05) is 6.07 Å². The number of pyridine rings is 1. The Morgan fingerprint density at radius 2 is 2.10 bits per heavy atom. The van der Waals surface area contributed by atoms with Crippen LogP contribution in [-0.2, 0) is 6.54 Å². The minimum atomic E-state index is -0.292. The number of aliphatic hydroxyl groups excluding tert-OH is 1. The summed E-state index contributed by atoms with van der Waals surface area (Å²) in [7, 11) is 0. The number of anilines is 1. The minimum Gasteiger partial charge on any atom is -0.394 e. The lowest BCUT2D eigenvalue weighted by Crippen LogP contribution is -2.41. The summed E-state index contributed by atoms with van der Waals surface area (Å²) in [5, 5.41) is 14.2. The van der Waals surface area contributed by atoms with Crippen molar-refractivity contribution in [1.82, 2.24) is 15.6 Å². The third kappa shape index (κ3) is 5.05. The van der Waals surface area contributed by atoms with Crippen molar-refractivity contribution in [2.75, 3.05) is 24.6 Å². The summed E-state index contributed by atoms with van der Waals surface area (Å²) in [4.78, 5) is 18.0. The predicted octanol–water partition coefficient (Wildman–Crippen LogP) is 1.11. The molecule has 0 radical (unpaired) electrons. The number of aliphatic hydroxyl groups is 1. The topological polar surface area (TPSA) is 77.5 Å². The smallest absolute Gasteiger partial charge is 0.315 e. The number of aromatic nitrogens is 1. The molecule has 1 rings (SSSR count). The summed E-state index contributed by atoms with van der Waals surface area (Å²) in [6.07, 6.45) is 1.77. The average Bonchev–Trinajstić information content (AvgIpc) is 2.47. The van der Waals surface area contributed by atoms with Gasteiger partial charge in [0.2, 0.25) is 0 Å². The summed E-state index contributed by atoms with van der Waals surface area (Å²) in [5.74, 6) is 0.942. The van der Waals surface area contributed by atoms with Crippen molar-refractivity contribution in [3.63, 3.8) is 0 Å². The first-order valence-electron chi connectivity index (χ1n) is 6.95. The average molecular weight is 280 g/mol. The Bertz CT molecular complexity index is 404. The van der Waals surface area contributed by atoms with Crippen LogP contribution in [0.1, 0.15) is 26.3 Å². The highest BCUT2D eigenvalue weighted by Crippen LogP contribution is 2.10. The standard InChI is InChI=1S/C14H24N4O2/c1-4-18(5-2)13-7-6-12(8-15-13)9-16-14(20)17-11(3)10-19/h6-8,11,19H,4-5,9-10H2,1-3H3,(H2,16,17,20). The normalized spacial score (nSPS) is 11.8. The van der Waals surface area contributed by atoms with Crippen LogP contribution < -0.4 is 15.5 Å². The van der Waals surface area contributed by atoms with Crippen LogP contribution in [0, 0.1) is 0 Å². The van der Waals surface area contributed by atoms with Crippen LogP contribution in [0.5, 0.6) is 0 Å². The molecule has 6 heteroatoms. The molecule has 0 fully saturated rings. The van der Waals surface area contributed by atoms with Crippen LogP contribution in [-0.4, -0.2) is 41.9 Å². The zero-order valence-electron chi connectivity index (χ0n) is 12.4. The molecule has 3 N–H and O–H groups in total. The molecule has 0 bridgehead atoms. The fourth-order valence-corrected chi connectivity index (χ4v) is 1.76. The number of urea groups is 1. The predicted molar refractivity (Wildman–Crippen MR) is 79.7 cm³/mol. The summed E-state index contributed by atoms with van der Waals surface area (Å²) >= 11 is 0. The molecule has 1 heterocycles. The van der Waals surface area contributed by atoms with Gasteiger partial charge in [-0.3, -0.25) is 0 Å². The molecule has 1 aromatic rings. The van der Waals surface area contributed by atoms with E-state index in [-0.39, 0.29) is 18.7 Å². The minimum absolute atomic E-state index is 0.0759. The SMILES string of the molecule is CCN(CC)c1ccc(CNC(=O)NC(C)CO)cn1.